The lowest BCUT2D eigenvalue weighted by molar-refractivity contribution is -0.121. The number of hydrogen-bond acceptors (Lipinski definition) is 3. The van der Waals surface area contributed by atoms with Crippen LogP contribution in [0.3, 0.4) is 0 Å². The van der Waals surface area contributed by atoms with E-state index in [1.54, 1.807) is 0 Å². The van der Waals surface area contributed by atoms with E-state index in [4.69, 9.17) is 5.73 Å². The number of nitrogens with two attached hydrogens (primary N) is 1. The summed E-state index contributed by atoms with van der Waals surface area (Å²) in [5.41, 5.74) is 7.73. The maximum absolute atomic E-state index is 11.5. The van der Waals surface area contributed by atoms with E-state index in [0.717, 1.165) is 18.6 Å². The fourth-order valence-electron chi connectivity index (χ4n) is 1.49. The van der Waals surface area contributed by atoms with Gasteiger partial charge in [0, 0.05) is 18.7 Å². The van der Waals surface area contributed by atoms with Crippen molar-refractivity contribution in [1.82, 2.24) is 5.32 Å². The van der Waals surface area contributed by atoms with Crippen molar-refractivity contribution in [3.8, 4) is 0 Å². The van der Waals surface area contributed by atoms with Gasteiger partial charge in [0.15, 0.2) is 0 Å². The Bertz CT molecular complexity index is 338. The number of nitrogens with one attached hydrogen (secondary N) is 1. The first-order chi connectivity index (χ1) is 8.26. The van der Waals surface area contributed by atoms with Gasteiger partial charge in [-0.2, -0.15) is 12.6 Å². The average Bonchev–Trinajstić information content (AvgIpc) is 2.37. The summed E-state index contributed by atoms with van der Waals surface area (Å²) in [5.74, 6) is 0.844. The van der Waals surface area contributed by atoms with E-state index in [0.29, 0.717) is 19.5 Å². The zero-order chi connectivity index (χ0) is 12.5. The minimum absolute atomic E-state index is 0.0942. The molecule has 3 nitrogen and oxygen atoms in total. The van der Waals surface area contributed by atoms with Crippen LogP contribution in [0.15, 0.2) is 24.3 Å². The highest BCUT2D eigenvalue weighted by Crippen LogP contribution is 2.08. The molecule has 0 atom stereocenters. The predicted octanol–water partition coefficient (Wildman–Crippen LogP) is 1.51. The fraction of sp³-hybridized carbons (Fsp3) is 0.462. The molecule has 0 aliphatic carbocycles. The fourth-order valence-corrected chi connectivity index (χ4v) is 1.70. The van der Waals surface area contributed by atoms with Crippen LogP contribution in [0.4, 0.5) is 0 Å². The van der Waals surface area contributed by atoms with Gasteiger partial charge in [-0.25, -0.2) is 0 Å². The molecule has 0 aromatic heterocycles. The third kappa shape index (κ3) is 5.75. The van der Waals surface area contributed by atoms with Gasteiger partial charge in [-0.15, -0.1) is 0 Å². The molecule has 0 unspecified atom stereocenters. The summed E-state index contributed by atoms with van der Waals surface area (Å²) in [5, 5.41) is 2.85. The largest absolute Gasteiger partial charge is 0.356 e. The van der Waals surface area contributed by atoms with Crippen molar-refractivity contribution in [3.05, 3.63) is 35.4 Å². The minimum Gasteiger partial charge on any atom is -0.356 e. The number of benzene rings is 1. The van der Waals surface area contributed by atoms with Gasteiger partial charge in [-0.05, 0) is 30.5 Å². The smallest absolute Gasteiger partial charge is 0.220 e. The van der Waals surface area contributed by atoms with Crippen LogP contribution in [0, 0.1) is 0 Å². The second-order valence-corrected chi connectivity index (χ2v) is 4.28. The Labute approximate surface area is 108 Å². The van der Waals surface area contributed by atoms with Crippen molar-refractivity contribution in [3.63, 3.8) is 0 Å². The summed E-state index contributed by atoms with van der Waals surface area (Å²) in [6, 6.07) is 8.21. The van der Waals surface area contributed by atoms with Crippen molar-refractivity contribution in [2.24, 2.45) is 5.73 Å². The molecular weight excluding hydrogens is 232 g/mol. The lowest BCUT2D eigenvalue weighted by atomic mass is 10.1. The van der Waals surface area contributed by atoms with Crippen LogP contribution in [-0.4, -0.2) is 19.0 Å². The van der Waals surface area contributed by atoms with Crippen molar-refractivity contribution < 1.29 is 4.79 Å². The van der Waals surface area contributed by atoms with Gasteiger partial charge >= 0.3 is 0 Å². The van der Waals surface area contributed by atoms with Gasteiger partial charge in [-0.3, -0.25) is 4.79 Å². The highest BCUT2D eigenvalue weighted by Gasteiger charge is 2.01. The zero-order valence-corrected chi connectivity index (χ0v) is 10.9. The second-order valence-electron chi connectivity index (χ2n) is 3.97. The Morgan fingerprint density at radius 2 is 1.88 bits per heavy atom. The quantitative estimate of drug-likeness (QED) is 0.509. The van der Waals surface area contributed by atoms with Crippen LogP contribution < -0.4 is 11.1 Å². The molecule has 0 heterocycles. The Morgan fingerprint density at radius 3 is 2.47 bits per heavy atom. The standard InChI is InChI=1S/C13H20N2OS/c14-8-1-9-15-13(16)7-6-11-2-4-12(10-17)5-3-11/h2-5,17H,1,6-10,14H2,(H,15,16). The van der Waals surface area contributed by atoms with Crippen molar-refractivity contribution in [2.75, 3.05) is 13.1 Å². The van der Waals surface area contributed by atoms with Gasteiger partial charge in [0.05, 0.1) is 0 Å². The van der Waals surface area contributed by atoms with Crippen LogP contribution in [0.25, 0.3) is 0 Å². The molecule has 1 aromatic rings. The van der Waals surface area contributed by atoms with Crippen LogP contribution in [-0.2, 0) is 17.0 Å². The van der Waals surface area contributed by atoms with Crippen LogP contribution >= 0.6 is 12.6 Å². The van der Waals surface area contributed by atoms with Gasteiger partial charge in [0.2, 0.25) is 5.91 Å². The molecule has 0 saturated heterocycles. The van der Waals surface area contributed by atoms with Crippen molar-refractivity contribution in [1.29, 1.82) is 0 Å². The SMILES string of the molecule is NCCCNC(=O)CCc1ccc(CS)cc1. The number of rotatable bonds is 7. The number of amides is 1. The van der Waals surface area contributed by atoms with E-state index < -0.39 is 0 Å². The molecule has 0 spiro atoms. The summed E-state index contributed by atoms with van der Waals surface area (Å²) >= 11 is 4.20. The third-order valence-electron chi connectivity index (χ3n) is 2.55. The molecule has 0 aliphatic heterocycles. The molecule has 0 fully saturated rings. The second kappa shape index (κ2) is 8.14. The lowest BCUT2D eigenvalue weighted by Gasteiger charge is -2.05. The maximum atomic E-state index is 11.5. The molecule has 1 aromatic carbocycles. The molecule has 0 bridgehead atoms. The van der Waals surface area contributed by atoms with E-state index in [9.17, 15) is 4.79 Å². The first-order valence-corrected chi connectivity index (χ1v) is 6.55. The number of aryl methyl sites for hydroxylation is 1. The minimum atomic E-state index is 0.0942. The van der Waals surface area contributed by atoms with Gasteiger partial charge in [-0.1, -0.05) is 24.3 Å². The predicted molar refractivity (Wildman–Crippen MR) is 74.1 cm³/mol. The molecule has 0 radical (unpaired) electrons. The Hall–Kier alpha value is -1.00. The van der Waals surface area contributed by atoms with Crippen LogP contribution in [0.5, 0.6) is 0 Å². The maximum Gasteiger partial charge on any atom is 0.220 e. The van der Waals surface area contributed by atoms with E-state index >= 15 is 0 Å². The molecule has 3 N–H and O–H groups in total. The summed E-state index contributed by atoms with van der Waals surface area (Å²) in [6.45, 7) is 1.29. The first-order valence-electron chi connectivity index (χ1n) is 5.91. The van der Waals surface area contributed by atoms with Crippen molar-refractivity contribution >= 4 is 18.5 Å². The Kier molecular flexibility index (Phi) is 6.74. The molecule has 1 rings (SSSR count). The zero-order valence-electron chi connectivity index (χ0n) is 9.98. The van der Waals surface area contributed by atoms with Crippen molar-refractivity contribution in [2.45, 2.75) is 25.0 Å². The number of hydrogen-bond donors (Lipinski definition) is 3. The van der Waals surface area contributed by atoms with E-state index in [1.807, 2.05) is 0 Å². The van der Waals surface area contributed by atoms with E-state index in [-0.39, 0.29) is 5.91 Å². The molecule has 0 aliphatic rings. The molecule has 17 heavy (non-hydrogen) atoms. The molecule has 1 amide bonds. The summed E-state index contributed by atoms with van der Waals surface area (Å²) in [7, 11) is 0. The molecular formula is C13H20N2OS. The van der Waals surface area contributed by atoms with Crippen LogP contribution in [0.2, 0.25) is 0 Å². The number of carbonyl (C=O) groups is 1. The summed E-state index contributed by atoms with van der Waals surface area (Å²) < 4.78 is 0. The Balaban J connectivity index is 2.27. The number of thiol groups is 1. The molecule has 94 valence electrons. The van der Waals surface area contributed by atoms with Crippen LogP contribution in [0.1, 0.15) is 24.0 Å². The van der Waals surface area contributed by atoms with Gasteiger partial charge in [0.25, 0.3) is 0 Å². The number of carbonyl (C=O) groups excluding carboxylic acids is 1. The lowest BCUT2D eigenvalue weighted by Crippen LogP contribution is -2.26. The highest BCUT2D eigenvalue weighted by molar-refractivity contribution is 7.79. The monoisotopic (exact) mass is 252 g/mol. The third-order valence-corrected chi connectivity index (χ3v) is 2.91. The van der Waals surface area contributed by atoms with Gasteiger partial charge in [0.1, 0.15) is 0 Å². The topological polar surface area (TPSA) is 55.1 Å². The van der Waals surface area contributed by atoms with Gasteiger partial charge < -0.3 is 11.1 Å². The van der Waals surface area contributed by atoms with E-state index in [2.05, 4.69) is 42.2 Å². The highest BCUT2D eigenvalue weighted by atomic mass is 32.1. The normalized spacial score (nSPS) is 10.2. The first kappa shape index (κ1) is 14.1. The molecule has 4 heteroatoms. The summed E-state index contributed by atoms with van der Waals surface area (Å²) in [6.07, 6.45) is 2.15. The summed E-state index contributed by atoms with van der Waals surface area (Å²) in [4.78, 5) is 11.5. The Morgan fingerprint density at radius 1 is 1.24 bits per heavy atom. The van der Waals surface area contributed by atoms with E-state index in [1.165, 1.54) is 11.1 Å². The average molecular weight is 252 g/mol. The molecule has 0 saturated carbocycles.